The Morgan fingerprint density at radius 3 is 2.25 bits per heavy atom. The standard InChI is InChI=1S/C21H17BrN4OS/c22-14-5-7-15(8-6-14)23-21(28)24-16-9-11-17(12-10-16)27-13-20-25-18-3-1-2-4-19(18)26-20/h1-12H,13H2,(H,25,26)(H2,23,24,28). The van der Waals surface area contributed by atoms with E-state index in [1.165, 1.54) is 0 Å². The molecule has 7 heteroatoms. The maximum Gasteiger partial charge on any atom is 0.175 e. The van der Waals surface area contributed by atoms with Gasteiger partial charge in [-0.3, -0.25) is 0 Å². The summed E-state index contributed by atoms with van der Waals surface area (Å²) in [5.41, 5.74) is 3.75. The van der Waals surface area contributed by atoms with Gasteiger partial charge in [0.15, 0.2) is 5.11 Å². The minimum absolute atomic E-state index is 0.380. The molecule has 1 heterocycles. The van der Waals surface area contributed by atoms with Crippen molar-refractivity contribution in [1.82, 2.24) is 9.97 Å². The number of anilines is 2. The van der Waals surface area contributed by atoms with Crippen LogP contribution in [0.1, 0.15) is 5.82 Å². The number of imidazole rings is 1. The van der Waals surface area contributed by atoms with Crippen LogP contribution < -0.4 is 15.4 Å². The molecular weight excluding hydrogens is 436 g/mol. The molecule has 3 aromatic carbocycles. The van der Waals surface area contributed by atoms with Crippen LogP contribution in [0.2, 0.25) is 0 Å². The number of ether oxygens (including phenoxy) is 1. The van der Waals surface area contributed by atoms with Crippen molar-refractivity contribution in [3.8, 4) is 5.75 Å². The zero-order valence-electron chi connectivity index (χ0n) is 14.8. The number of rotatable bonds is 5. The van der Waals surface area contributed by atoms with Crippen LogP contribution in [-0.4, -0.2) is 15.1 Å². The Morgan fingerprint density at radius 2 is 1.57 bits per heavy atom. The van der Waals surface area contributed by atoms with Crippen LogP contribution in [0.5, 0.6) is 5.75 Å². The van der Waals surface area contributed by atoms with E-state index in [-0.39, 0.29) is 0 Å². The molecule has 4 aromatic rings. The first-order valence-corrected chi connectivity index (χ1v) is 9.86. The fraction of sp³-hybridized carbons (Fsp3) is 0.0476. The van der Waals surface area contributed by atoms with Crippen molar-refractivity contribution in [3.63, 3.8) is 0 Å². The average Bonchev–Trinajstić information content (AvgIpc) is 3.12. The van der Waals surface area contributed by atoms with Gasteiger partial charge in [-0.05, 0) is 72.9 Å². The molecule has 28 heavy (non-hydrogen) atoms. The lowest BCUT2D eigenvalue weighted by Gasteiger charge is -2.11. The zero-order valence-corrected chi connectivity index (χ0v) is 17.2. The SMILES string of the molecule is S=C(Nc1ccc(Br)cc1)Nc1ccc(OCc2nc3ccccc3[nH]2)cc1. The second-order valence-corrected chi connectivity index (χ2v) is 7.42. The zero-order chi connectivity index (χ0) is 19.3. The van der Waals surface area contributed by atoms with Crippen LogP contribution >= 0.6 is 28.1 Å². The Bertz CT molecular complexity index is 1060. The quantitative estimate of drug-likeness (QED) is 0.338. The highest BCUT2D eigenvalue weighted by Gasteiger charge is 2.04. The molecule has 0 aliphatic carbocycles. The molecule has 0 radical (unpaired) electrons. The van der Waals surface area contributed by atoms with E-state index in [0.29, 0.717) is 11.7 Å². The van der Waals surface area contributed by atoms with Crippen molar-refractivity contribution < 1.29 is 4.74 Å². The topological polar surface area (TPSA) is 62.0 Å². The lowest BCUT2D eigenvalue weighted by molar-refractivity contribution is 0.297. The highest BCUT2D eigenvalue weighted by molar-refractivity contribution is 9.10. The number of fused-ring (bicyclic) bond motifs is 1. The van der Waals surface area contributed by atoms with Crippen LogP contribution in [0.25, 0.3) is 11.0 Å². The summed E-state index contributed by atoms with van der Waals surface area (Å²) < 4.78 is 6.84. The first-order chi connectivity index (χ1) is 13.7. The van der Waals surface area contributed by atoms with E-state index >= 15 is 0 Å². The van der Waals surface area contributed by atoms with Gasteiger partial charge in [0.1, 0.15) is 18.2 Å². The van der Waals surface area contributed by atoms with E-state index in [9.17, 15) is 0 Å². The van der Waals surface area contributed by atoms with Gasteiger partial charge >= 0.3 is 0 Å². The first-order valence-electron chi connectivity index (χ1n) is 8.66. The van der Waals surface area contributed by atoms with Crippen LogP contribution in [0.15, 0.2) is 77.3 Å². The minimum atomic E-state index is 0.380. The summed E-state index contributed by atoms with van der Waals surface area (Å²) in [6.07, 6.45) is 0. The molecule has 0 unspecified atom stereocenters. The van der Waals surface area contributed by atoms with Gasteiger partial charge in [0.05, 0.1) is 11.0 Å². The Hall–Kier alpha value is -2.90. The number of thiocarbonyl (C=S) groups is 1. The van der Waals surface area contributed by atoms with Gasteiger partial charge in [0.2, 0.25) is 0 Å². The monoisotopic (exact) mass is 452 g/mol. The molecule has 0 atom stereocenters. The van der Waals surface area contributed by atoms with Gasteiger partial charge in [-0.1, -0.05) is 28.1 Å². The molecule has 0 aliphatic heterocycles. The Kier molecular flexibility index (Phi) is 5.55. The highest BCUT2D eigenvalue weighted by atomic mass is 79.9. The van der Waals surface area contributed by atoms with Crippen molar-refractivity contribution in [1.29, 1.82) is 0 Å². The summed E-state index contributed by atoms with van der Waals surface area (Å²) in [4.78, 5) is 7.76. The van der Waals surface area contributed by atoms with Gasteiger partial charge in [0.25, 0.3) is 0 Å². The van der Waals surface area contributed by atoms with E-state index < -0.39 is 0 Å². The Balaban J connectivity index is 1.31. The average molecular weight is 453 g/mol. The summed E-state index contributed by atoms with van der Waals surface area (Å²) in [5.74, 6) is 1.56. The fourth-order valence-electron chi connectivity index (χ4n) is 2.69. The van der Waals surface area contributed by atoms with Gasteiger partial charge in [-0.2, -0.15) is 0 Å². The molecular formula is C21H17BrN4OS. The van der Waals surface area contributed by atoms with Gasteiger partial charge in [0, 0.05) is 15.8 Å². The third-order valence-corrected chi connectivity index (χ3v) is 4.76. The molecule has 0 aliphatic rings. The number of para-hydroxylation sites is 2. The molecule has 0 spiro atoms. The van der Waals surface area contributed by atoms with Crippen LogP contribution in [0, 0.1) is 0 Å². The number of nitrogens with zero attached hydrogens (tertiary/aromatic N) is 1. The van der Waals surface area contributed by atoms with E-state index in [0.717, 1.165) is 38.5 Å². The number of aromatic nitrogens is 2. The predicted molar refractivity (Wildman–Crippen MR) is 121 cm³/mol. The molecule has 3 N–H and O–H groups in total. The number of hydrogen-bond acceptors (Lipinski definition) is 3. The van der Waals surface area contributed by atoms with Crippen molar-refractivity contribution in [3.05, 3.63) is 83.1 Å². The number of benzene rings is 3. The summed E-state index contributed by atoms with van der Waals surface area (Å²) in [5, 5.41) is 6.83. The maximum atomic E-state index is 5.81. The summed E-state index contributed by atoms with van der Waals surface area (Å²) in [6, 6.07) is 23.4. The highest BCUT2D eigenvalue weighted by Crippen LogP contribution is 2.19. The van der Waals surface area contributed by atoms with Crippen molar-refractivity contribution in [2.45, 2.75) is 6.61 Å². The Labute approximate surface area is 176 Å². The van der Waals surface area contributed by atoms with Gasteiger partial charge in [-0.25, -0.2) is 4.98 Å². The molecule has 0 saturated carbocycles. The second kappa shape index (κ2) is 8.41. The molecule has 0 fully saturated rings. The smallest absolute Gasteiger partial charge is 0.175 e. The lowest BCUT2D eigenvalue weighted by Crippen LogP contribution is -2.18. The molecule has 0 amide bonds. The van der Waals surface area contributed by atoms with Crippen LogP contribution in [0.4, 0.5) is 11.4 Å². The maximum absolute atomic E-state index is 5.81. The molecule has 0 bridgehead atoms. The number of hydrogen-bond donors (Lipinski definition) is 3. The number of H-pyrrole nitrogens is 1. The number of halogens is 1. The van der Waals surface area contributed by atoms with Gasteiger partial charge in [-0.15, -0.1) is 0 Å². The van der Waals surface area contributed by atoms with Crippen LogP contribution in [-0.2, 0) is 6.61 Å². The summed E-state index contributed by atoms with van der Waals surface area (Å²) >= 11 is 8.77. The molecule has 0 saturated heterocycles. The second-order valence-electron chi connectivity index (χ2n) is 6.10. The molecule has 5 nitrogen and oxygen atoms in total. The van der Waals surface area contributed by atoms with E-state index in [4.69, 9.17) is 17.0 Å². The summed E-state index contributed by atoms with van der Waals surface area (Å²) in [6.45, 7) is 0.380. The Morgan fingerprint density at radius 1 is 0.929 bits per heavy atom. The number of nitrogens with one attached hydrogen (secondary N) is 3. The predicted octanol–water partition coefficient (Wildman–Crippen LogP) is 5.71. The lowest BCUT2D eigenvalue weighted by atomic mass is 10.3. The largest absolute Gasteiger partial charge is 0.486 e. The van der Waals surface area contributed by atoms with E-state index in [2.05, 4.69) is 36.5 Å². The summed E-state index contributed by atoms with van der Waals surface area (Å²) in [7, 11) is 0. The van der Waals surface area contributed by atoms with Crippen molar-refractivity contribution in [2.75, 3.05) is 10.6 Å². The minimum Gasteiger partial charge on any atom is -0.486 e. The molecule has 140 valence electrons. The molecule has 1 aromatic heterocycles. The van der Waals surface area contributed by atoms with Gasteiger partial charge < -0.3 is 20.4 Å². The van der Waals surface area contributed by atoms with Crippen LogP contribution in [0.3, 0.4) is 0 Å². The normalized spacial score (nSPS) is 10.6. The van der Waals surface area contributed by atoms with E-state index in [1.807, 2.05) is 72.8 Å². The third-order valence-electron chi connectivity index (χ3n) is 4.03. The van der Waals surface area contributed by atoms with Crippen molar-refractivity contribution >= 4 is 55.7 Å². The van der Waals surface area contributed by atoms with Crippen molar-refractivity contribution in [2.24, 2.45) is 0 Å². The third kappa shape index (κ3) is 4.68. The first kappa shape index (κ1) is 18.5. The fourth-order valence-corrected chi connectivity index (χ4v) is 3.19. The van der Waals surface area contributed by atoms with E-state index in [1.54, 1.807) is 0 Å². The number of aromatic amines is 1. The molecule has 4 rings (SSSR count).